The number of amides is 1. The smallest absolute Gasteiger partial charge is 0.253 e. The maximum atomic E-state index is 12.8. The monoisotopic (exact) mass is 445 g/mol. The fraction of sp³-hybridized carbons (Fsp3) is 0.435. The predicted molar refractivity (Wildman–Crippen MR) is 123 cm³/mol. The fourth-order valence-corrected chi connectivity index (χ4v) is 4.53. The highest BCUT2D eigenvalue weighted by atomic mass is 32.2. The first-order chi connectivity index (χ1) is 14.8. The van der Waals surface area contributed by atoms with Gasteiger partial charge in [0.1, 0.15) is 5.75 Å². The number of hydrogen-bond donors (Lipinski definition) is 0. The molecule has 1 aliphatic rings. The normalized spacial score (nSPS) is 15.0. The van der Waals surface area contributed by atoms with Gasteiger partial charge in [-0.3, -0.25) is 9.10 Å². The Morgan fingerprint density at radius 1 is 0.968 bits per heavy atom. The molecule has 0 unspecified atom stereocenters. The van der Waals surface area contributed by atoms with E-state index in [1.165, 1.54) is 10.6 Å². The first-order valence-corrected chi connectivity index (χ1v) is 12.5. The Morgan fingerprint density at radius 3 is 2.10 bits per heavy atom. The summed E-state index contributed by atoms with van der Waals surface area (Å²) in [5, 5.41) is 0. The second kappa shape index (κ2) is 10.2. The summed E-state index contributed by atoms with van der Waals surface area (Å²) >= 11 is 0. The minimum absolute atomic E-state index is 0.0220. The number of benzene rings is 2. The molecule has 2 aromatic rings. The molecule has 0 bridgehead atoms. The van der Waals surface area contributed by atoms with Crippen LogP contribution in [0.25, 0.3) is 0 Å². The van der Waals surface area contributed by atoms with Gasteiger partial charge in [-0.05, 0) is 55.4 Å². The summed E-state index contributed by atoms with van der Waals surface area (Å²) in [7, 11) is -3.48. The van der Waals surface area contributed by atoms with Gasteiger partial charge in [-0.15, -0.1) is 0 Å². The van der Waals surface area contributed by atoms with E-state index in [0.717, 1.165) is 38.3 Å². The number of anilines is 1. The van der Waals surface area contributed by atoms with Gasteiger partial charge >= 0.3 is 0 Å². The van der Waals surface area contributed by atoms with E-state index in [1.54, 1.807) is 36.4 Å². The first-order valence-electron chi connectivity index (χ1n) is 10.6. The molecular formula is C23H31N3O4S. The van der Waals surface area contributed by atoms with E-state index in [4.69, 9.17) is 4.74 Å². The van der Waals surface area contributed by atoms with Crippen LogP contribution in [-0.4, -0.2) is 69.7 Å². The molecule has 0 aliphatic carbocycles. The van der Waals surface area contributed by atoms with Crippen molar-refractivity contribution < 1.29 is 17.9 Å². The lowest BCUT2D eigenvalue weighted by molar-refractivity contribution is 0.0643. The highest BCUT2D eigenvalue weighted by Gasteiger charge is 2.22. The summed E-state index contributed by atoms with van der Waals surface area (Å²) in [5.74, 6) is 0.719. The van der Waals surface area contributed by atoms with Gasteiger partial charge < -0.3 is 14.5 Å². The second-order valence-electron chi connectivity index (χ2n) is 7.62. The molecule has 1 amide bonds. The number of ether oxygens (including phenoxy) is 1. The van der Waals surface area contributed by atoms with Crippen molar-refractivity contribution in [3.05, 3.63) is 59.7 Å². The highest BCUT2D eigenvalue weighted by Crippen LogP contribution is 2.24. The van der Waals surface area contributed by atoms with Crippen LogP contribution < -0.4 is 9.04 Å². The van der Waals surface area contributed by atoms with E-state index in [1.807, 2.05) is 24.0 Å². The number of carbonyl (C=O) groups excluding carboxylic acids is 1. The number of carbonyl (C=O) groups is 1. The second-order valence-corrected chi connectivity index (χ2v) is 9.53. The average Bonchev–Trinajstić information content (AvgIpc) is 2.77. The van der Waals surface area contributed by atoms with Crippen molar-refractivity contribution in [1.82, 2.24) is 9.80 Å². The summed E-state index contributed by atoms with van der Waals surface area (Å²) in [5.41, 5.74) is 2.01. The third kappa shape index (κ3) is 5.98. The van der Waals surface area contributed by atoms with E-state index < -0.39 is 10.0 Å². The van der Waals surface area contributed by atoms with Gasteiger partial charge in [-0.1, -0.05) is 19.1 Å². The molecule has 2 aromatic carbocycles. The van der Waals surface area contributed by atoms with Crippen LogP contribution in [0, 0.1) is 0 Å². The van der Waals surface area contributed by atoms with Gasteiger partial charge in [0.25, 0.3) is 5.91 Å². The topological polar surface area (TPSA) is 70.2 Å². The van der Waals surface area contributed by atoms with Crippen molar-refractivity contribution in [2.75, 3.05) is 49.9 Å². The zero-order chi connectivity index (χ0) is 22.4. The van der Waals surface area contributed by atoms with E-state index >= 15 is 0 Å². The summed E-state index contributed by atoms with van der Waals surface area (Å²) in [4.78, 5) is 17.0. The third-order valence-corrected chi connectivity index (χ3v) is 6.61. The zero-order valence-corrected chi connectivity index (χ0v) is 19.3. The van der Waals surface area contributed by atoms with E-state index in [-0.39, 0.29) is 12.5 Å². The van der Waals surface area contributed by atoms with Crippen LogP contribution in [0.5, 0.6) is 5.75 Å². The molecule has 0 spiro atoms. The molecule has 31 heavy (non-hydrogen) atoms. The van der Waals surface area contributed by atoms with Crippen molar-refractivity contribution in [3.63, 3.8) is 0 Å². The van der Waals surface area contributed by atoms with E-state index in [0.29, 0.717) is 23.6 Å². The van der Waals surface area contributed by atoms with Crippen molar-refractivity contribution in [2.45, 2.75) is 20.4 Å². The van der Waals surface area contributed by atoms with E-state index in [9.17, 15) is 13.2 Å². The molecule has 0 N–H and O–H groups in total. The van der Waals surface area contributed by atoms with E-state index in [2.05, 4.69) is 11.8 Å². The molecule has 1 aliphatic heterocycles. The molecule has 1 heterocycles. The lowest BCUT2D eigenvalue weighted by atomic mass is 10.1. The van der Waals surface area contributed by atoms with Gasteiger partial charge in [-0.25, -0.2) is 8.42 Å². The third-order valence-electron chi connectivity index (χ3n) is 5.47. The molecule has 7 nitrogen and oxygen atoms in total. The van der Waals surface area contributed by atoms with Crippen molar-refractivity contribution in [3.8, 4) is 5.75 Å². The maximum absolute atomic E-state index is 12.8. The van der Waals surface area contributed by atoms with Crippen LogP contribution >= 0.6 is 0 Å². The van der Waals surface area contributed by atoms with Gasteiger partial charge in [0.2, 0.25) is 10.0 Å². The fourth-order valence-electron chi connectivity index (χ4n) is 3.64. The SMILES string of the molecule is CCOc1ccc(N(Cc2ccc(C(=O)N3CCN(CC)CC3)cc2)S(C)(=O)=O)cc1. The molecule has 0 atom stereocenters. The molecule has 1 saturated heterocycles. The van der Waals surface area contributed by atoms with Crippen LogP contribution in [0.2, 0.25) is 0 Å². The summed E-state index contributed by atoms with van der Waals surface area (Å²) in [6.07, 6.45) is 1.19. The molecule has 168 valence electrons. The van der Waals surface area contributed by atoms with Gasteiger partial charge in [0.15, 0.2) is 0 Å². The summed E-state index contributed by atoms with van der Waals surface area (Å²) < 4.78 is 31.6. The summed E-state index contributed by atoms with van der Waals surface area (Å²) in [6, 6.07) is 14.2. The van der Waals surface area contributed by atoms with Crippen LogP contribution in [0.3, 0.4) is 0 Å². The summed E-state index contributed by atoms with van der Waals surface area (Å²) in [6.45, 7) is 9.02. The predicted octanol–water partition coefficient (Wildman–Crippen LogP) is 2.83. The molecule has 0 aromatic heterocycles. The van der Waals surface area contributed by atoms with Crippen LogP contribution in [0.1, 0.15) is 29.8 Å². The van der Waals surface area contributed by atoms with Crippen LogP contribution in [-0.2, 0) is 16.6 Å². The minimum atomic E-state index is -3.48. The van der Waals surface area contributed by atoms with Crippen molar-refractivity contribution in [2.24, 2.45) is 0 Å². The number of hydrogen-bond acceptors (Lipinski definition) is 5. The Kier molecular flexibility index (Phi) is 7.56. The van der Waals surface area contributed by atoms with Crippen LogP contribution in [0.15, 0.2) is 48.5 Å². The Bertz CT molecular complexity index is 967. The number of likely N-dealkylation sites (N-methyl/N-ethyl adjacent to an activating group) is 1. The molecule has 1 fully saturated rings. The Morgan fingerprint density at radius 2 is 1.58 bits per heavy atom. The minimum Gasteiger partial charge on any atom is -0.494 e. The maximum Gasteiger partial charge on any atom is 0.253 e. The molecule has 0 radical (unpaired) electrons. The number of sulfonamides is 1. The molecule has 0 saturated carbocycles. The van der Waals surface area contributed by atoms with Gasteiger partial charge in [0, 0.05) is 31.7 Å². The van der Waals surface area contributed by atoms with Crippen molar-refractivity contribution >= 4 is 21.6 Å². The van der Waals surface area contributed by atoms with Crippen LogP contribution in [0.4, 0.5) is 5.69 Å². The first kappa shape index (κ1) is 23.1. The Labute approximate surface area is 185 Å². The average molecular weight is 446 g/mol. The number of nitrogens with zero attached hydrogens (tertiary/aromatic N) is 3. The van der Waals surface area contributed by atoms with Crippen molar-refractivity contribution in [1.29, 1.82) is 0 Å². The number of rotatable bonds is 8. The highest BCUT2D eigenvalue weighted by molar-refractivity contribution is 7.92. The Hall–Kier alpha value is -2.58. The lowest BCUT2D eigenvalue weighted by Crippen LogP contribution is -2.48. The van der Waals surface area contributed by atoms with Gasteiger partial charge in [-0.2, -0.15) is 0 Å². The van der Waals surface area contributed by atoms with Gasteiger partial charge in [0.05, 0.1) is 25.1 Å². The molecular weight excluding hydrogens is 414 g/mol. The number of piperazine rings is 1. The zero-order valence-electron chi connectivity index (χ0n) is 18.5. The largest absolute Gasteiger partial charge is 0.494 e. The lowest BCUT2D eigenvalue weighted by Gasteiger charge is -2.34. The quantitative estimate of drug-likeness (QED) is 0.625. The Balaban J connectivity index is 1.71. The molecule has 3 rings (SSSR count). The standard InChI is InChI=1S/C23H31N3O4S/c1-4-24-14-16-25(17-15-24)23(27)20-8-6-19(7-9-20)18-26(31(3,28)29)21-10-12-22(13-11-21)30-5-2/h6-13H,4-5,14-18H2,1-3H3. The molecule has 8 heteroatoms.